The molecule has 0 aliphatic heterocycles. The molecule has 0 unspecified atom stereocenters. The zero-order chi connectivity index (χ0) is 16.9. The summed E-state index contributed by atoms with van der Waals surface area (Å²) in [4.78, 5) is 24.2. The normalized spacial score (nSPS) is 10.4. The van der Waals surface area contributed by atoms with Crippen molar-refractivity contribution >= 4 is 28.3 Å². The van der Waals surface area contributed by atoms with Crippen LogP contribution >= 0.6 is 0 Å². The predicted molar refractivity (Wildman–Crippen MR) is 94.3 cm³/mol. The van der Waals surface area contributed by atoms with Crippen LogP contribution in [0.1, 0.15) is 23.7 Å². The van der Waals surface area contributed by atoms with Gasteiger partial charge in [0, 0.05) is 12.0 Å². The van der Waals surface area contributed by atoms with Gasteiger partial charge in [-0.25, -0.2) is 0 Å². The van der Waals surface area contributed by atoms with Gasteiger partial charge in [-0.3, -0.25) is 9.59 Å². The molecule has 4 nitrogen and oxygen atoms in total. The number of carbonyl (C=O) groups excluding carboxylic acids is 2. The Hall–Kier alpha value is -3.14. The molecular formula is C20H17NO3. The van der Waals surface area contributed by atoms with Crippen molar-refractivity contribution < 1.29 is 14.3 Å². The van der Waals surface area contributed by atoms with Crippen molar-refractivity contribution in [1.29, 1.82) is 0 Å². The average molecular weight is 319 g/mol. The number of anilines is 1. The van der Waals surface area contributed by atoms with Crippen molar-refractivity contribution in [1.82, 2.24) is 0 Å². The van der Waals surface area contributed by atoms with Crippen LogP contribution in [-0.4, -0.2) is 11.9 Å². The largest absolute Gasteiger partial charge is 0.424 e. The summed E-state index contributed by atoms with van der Waals surface area (Å²) in [5.74, 6) is -0.244. The lowest BCUT2D eigenvalue weighted by molar-refractivity contribution is -0.133. The van der Waals surface area contributed by atoms with Crippen LogP contribution in [0.5, 0.6) is 5.75 Å². The smallest absolute Gasteiger partial charge is 0.310 e. The van der Waals surface area contributed by atoms with Crippen LogP contribution in [0.15, 0.2) is 66.7 Å². The Bertz CT molecular complexity index is 897. The van der Waals surface area contributed by atoms with Crippen molar-refractivity contribution in [2.75, 3.05) is 5.32 Å². The summed E-state index contributed by atoms with van der Waals surface area (Å²) in [7, 11) is 0. The lowest BCUT2D eigenvalue weighted by Gasteiger charge is -2.12. The number of fused-ring (bicyclic) bond motifs is 1. The minimum Gasteiger partial charge on any atom is -0.424 e. The zero-order valence-corrected chi connectivity index (χ0v) is 13.3. The Morgan fingerprint density at radius 1 is 0.917 bits per heavy atom. The van der Waals surface area contributed by atoms with E-state index in [0.717, 1.165) is 10.8 Å². The molecule has 0 aliphatic carbocycles. The Balaban J connectivity index is 1.91. The second-order valence-corrected chi connectivity index (χ2v) is 5.30. The maximum Gasteiger partial charge on any atom is 0.310 e. The molecule has 4 heteroatoms. The second kappa shape index (κ2) is 6.96. The summed E-state index contributed by atoms with van der Waals surface area (Å²) < 4.78 is 5.27. The number of para-hydroxylation sites is 2. The third kappa shape index (κ3) is 3.27. The highest BCUT2D eigenvalue weighted by Gasteiger charge is 2.13. The molecule has 1 amide bonds. The Morgan fingerprint density at radius 3 is 2.46 bits per heavy atom. The van der Waals surface area contributed by atoms with Crippen LogP contribution in [0, 0.1) is 0 Å². The molecule has 0 saturated heterocycles. The fraction of sp³-hybridized carbons (Fsp3) is 0.100. The molecule has 3 aromatic carbocycles. The van der Waals surface area contributed by atoms with E-state index in [-0.39, 0.29) is 18.3 Å². The summed E-state index contributed by atoms with van der Waals surface area (Å²) in [6, 6.07) is 20.2. The van der Waals surface area contributed by atoms with E-state index in [2.05, 4.69) is 5.32 Å². The predicted octanol–water partition coefficient (Wildman–Crippen LogP) is 4.41. The van der Waals surface area contributed by atoms with Crippen molar-refractivity contribution in [2.45, 2.75) is 13.3 Å². The van der Waals surface area contributed by atoms with E-state index >= 15 is 0 Å². The number of amides is 1. The van der Waals surface area contributed by atoms with Gasteiger partial charge in [0.25, 0.3) is 5.91 Å². The molecule has 0 bridgehead atoms. The fourth-order valence-corrected chi connectivity index (χ4v) is 2.47. The first-order chi connectivity index (χ1) is 11.7. The van der Waals surface area contributed by atoms with E-state index in [1.165, 1.54) is 0 Å². The summed E-state index contributed by atoms with van der Waals surface area (Å²) in [5.41, 5.74) is 1.04. The van der Waals surface area contributed by atoms with Gasteiger partial charge in [-0.1, -0.05) is 55.5 Å². The van der Waals surface area contributed by atoms with Gasteiger partial charge in [0.2, 0.25) is 0 Å². The van der Waals surface area contributed by atoms with Gasteiger partial charge in [-0.15, -0.1) is 0 Å². The van der Waals surface area contributed by atoms with E-state index in [0.29, 0.717) is 17.0 Å². The zero-order valence-electron chi connectivity index (χ0n) is 13.3. The Labute approximate surface area is 140 Å². The quantitative estimate of drug-likeness (QED) is 0.572. The van der Waals surface area contributed by atoms with Crippen molar-refractivity contribution in [2.24, 2.45) is 0 Å². The lowest BCUT2D eigenvalue weighted by Crippen LogP contribution is -2.14. The number of carbonyl (C=O) groups is 2. The van der Waals surface area contributed by atoms with Crippen LogP contribution in [0.2, 0.25) is 0 Å². The number of hydrogen-bond acceptors (Lipinski definition) is 3. The fourth-order valence-electron chi connectivity index (χ4n) is 2.47. The van der Waals surface area contributed by atoms with Gasteiger partial charge in [-0.2, -0.15) is 0 Å². The first-order valence-corrected chi connectivity index (χ1v) is 7.78. The molecular weight excluding hydrogens is 302 g/mol. The maximum atomic E-state index is 12.7. The number of rotatable bonds is 4. The van der Waals surface area contributed by atoms with Gasteiger partial charge in [0.1, 0.15) is 0 Å². The standard InChI is InChI=1S/C20H17NO3/c1-2-19(22)24-18-13-6-5-12-17(18)21-20(23)16-11-7-9-14-8-3-4-10-15(14)16/h3-13H,2H2,1H3,(H,21,23). The Morgan fingerprint density at radius 2 is 1.62 bits per heavy atom. The molecule has 120 valence electrons. The highest BCUT2D eigenvalue weighted by Crippen LogP contribution is 2.26. The monoisotopic (exact) mass is 319 g/mol. The minimum atomic E-state index is -0.346. The summed E-state index contributed by atoms with van der Waals surface area (Å²) >= 11 is 0. The summed E-state index contributed by atoms with van der Waals surface area (Å²) in [6.07, 6.45) is 0.269. The van der Waals surface area contributed by atoms with E-state index in [4.69, 9.17) is 4.74 Å². The second-order valence-electron chi connectivity index (χ2n) is 5.30. The van der Waals surface area contributed by atoms with E-state index in [1.807, 2.05) is 36.4 Å². The highest BCUT2D eigenvalue weighted by atomic mass is 16.5. The molecule has 0 spiro atoms. The number of esters is 1. The van der Waals surface area contributed by atoms with Gasteiger partial charge in [0.05, 0.1) is 5.69 Å². The van der Waals surface area contributed by atoms with Crippen LogP contribution < -0.4 is 10.1 Å². The molecule has 0 atom stereocenters. The molecule has 3 aromatic rings. The topological polar surface area (TPSA) is 55.4 Å². The van der Waals surface area contributed by atoms with Crippen molar-refractivity contribution in [3.63, 3.8) is 0 Å². The first kappa shape index (κ1) is 15.7. The summed E-state index contributed by atoms with van der Waals surface area (Å²) in [6.45, 7) is 1.72. The number of ether oxygens (including phenoxy) is 1. The molecule has 0 radical (unpaired) electrons. The van der Waals surface area contributed by atoms with Crippen LogP contribution in [-0.2, 0) is 4.79 Å². The number of nitrogens with one attached hydrogen (secondary N) is 1. The first-order valence-electron chi connectivity index (χ1n) is 7.78. The van der Waals surface area contributed by atoms with Gasteiger partial charge < -0.3 is 10.1 Å². The third-order valence-electron chi connectivity index (χ3n) is 3.68. The van der Waals surface area contributed by atoms with Gasteiger partial charge in [-0.05, 0) is 29.0 Å². The molecule has 0 fully saturated rings. The molecule has 3 rings (SSSR count). The average Bonchev–Trinajstić information content (AvgIpc) is 2.62. The molecule has 0 heterocycles. The van der Waals surface area contributed by atoms with Crippen LogP contribution in [0.3, 0.4) is 0 Å². The van der Waals surface area contributed by atoms with Crippen LogP contribution in [0.4, 0.5) is 5.69 Å². The van der Waals surface area contributed by atoms with Crippen LogP contribution in [0.25, 0.3) is 10.8 Å². The number of hydrogen-bond donors (Lipinski definition) is 1. The molecule has 24 heavy (non-hydrogen) atoms. The SMILES string of the molecule is CCC(=O)Oc1ccccc1NC(=O)c1cccc2ccccc12. The minimum absolute atomic E-state index is 0.244. The molecule has 0 saturated carbocycles. The lowest BCUT2D eigenvalue weighted by atomic mass is 10.0. The van der Waals surface area contributed by atoms with E-state index in [9.17, 15) is 9.59 Å². The summed E-state index contributed by atoms with van der Waals surface area (Å²) in [5, 5.41) is 4.70. The van der Waals surface area contributed by atoms with Gasteiger partial charge in [0.15, 0.2) is 5.75 Å². The maximum absolute atomic E-state index is 12.7. The van der Waals surface area contributed by atoms with Crippen molar-refractivity contribution in [3.8, 4) is 5.75 Å². The number of benzene rings is 3. The highest BCUT2D eigenvalue weighted by molar-refractivity contribution is 6.13. The third-order valence-corrected chi connectivity index (χ3v) is 3.68. The molecule has 0 aromatic heterocycles. The van der Waals surface area contributed by atoms with Crippen molar-refractivity contribution in [3.05, 3.63) is 72.3 Å². The molecule has 1 N–H and O–H groups in total. The van der Waals surface area contributed by atoms with Gasteiger partial charge >= 0.3 is 5.97 Å². The molecule has 0 aliphatic rings. The Kier molecular flexibility index (Phi) is 4.57. The van der Waals surface area contributed by atoms with E-state index < -0.39 is 0 Å². The van der Waals surface area contributed by atoms with E-state index in [1.54, 1.807) is 37.3 Å².